The van der Waals surface area contributed by atoms with Crippen LogP contribution in [0.5, 0.6) is 0 Å². The summed E-state index contributed by atoms with van der Waals surface area (Å²) in [6.07, 6.45) is 81.9. The average molecular weight is 1080 g/mol. The van der Waals surface area contributed by atoms with Crippen molar-refractivity contribution in [3.63, 3.8) is 0 Å². The Kier molecular flexibility index (Phi) is 64.1. The summed E-state index contributed by atoms with van der Waals surface area (Å²) in [6, 6.07) is 0. The summed E-state index contributed by atoms with van der Waals surface area (Å²) in [6.45, 7) is 6.66. The van der Waals surface area contributed by atoms with Crippen LogP contribution in [0.1, 0.15) is 380 Å². The Hall–Kier alpha value is -2.37. The highest BCUT2D eigenvalue weighted by Gasteiger charge is 2.19. The SMILES string of the molecule is CCCCCCC/C=C\C/C=C\C/C=C\CCCCCCCCC(=O)OC(COC(=O)CCCCCCCCCCC)COC(=O)CCCCCCCCCCCCCCCCCCCCCCCCCCCCCCC. The molecule has 0 aromatic carbocycles. The summed E-state index contributed by atoms with van der Waals surface area (Å²) >= 11 is 0. The second-order valence-electron chi connectivity index (χ2n) is 23.5. The first-order valence-corrected chi connectivity index (χ1v) is 34.5. The second-order valence-corrected chi connectivity index (χ2v) is 23.5. The molecule has 77 heavy (non-hydrogen) atoms. The number of carbonyl (C=O) groups excluding carboxylic acids is 3. The van der Waals surface area contributed by atoms with E-state index in [1.807, 2.05) is 0 Å². The van der Waals surface area contributed by atoms with E-state index >= 15 is 0 Å². The summed E-state index contributed by atoms with van der Waals surface area (Å²) < 4.78 is 16.9. The first-order valence-electron chi connectivity index (χ1n) is 34.5. The molecule has 0 rings (SSSR count). The molecule has 0 radical (unpaired) electrons. The van der Waals surface area contributed by atoms with Gasteiger partial charge in [0.05, 0.1) is 0 Å². The fourth-order valence-corrected chi connectivity index (χ4v) is 10.5. The quantitative estimate of drug-likeness (QED) is 0.0261. The third-order valence-corrected chi connectivity index (χ3v) is 15.6. The minimum atomic E-state index is -0.776. The van der Waals surface area contributed by atoms with Gasteiger partial charge in [0.25, 0.3) is 0 Å². The highest BCUT2D eigenvalue weighted by molar-refractivity contribution is 5.71. The fourth-order valence-electron chi connectivity index (χ4n) is 10.5. The van der Waals surface area contributed by atoms with Gasteiger partial charge < -0.3 is 14.2 Å². The molecular weight excluding hydrogens is 949 g/mol. The number of carbonyl (C=O) groups is 3. The number of allylic oxidation sites excluding steroid dienone is 6. The van der Waals surface area contributed by atoms with Crippen molar-refractivity contribution in [3.8, 4) is 0 Å². The highest BCUT2D eigenvalue weighted by Crippen LogP contribution is 2.18. The molecular formula is C71H132O6. The van der Waals surface area contributed by atoms with E-state index in [0.29, 0.717) is 19.3 Å². The standard InChI is InChI=1S/C71H132O6/c1-4-7-10-13-16-19-21-23-25-27-29-31-32-33-34-35-36-37-38-40-41-43-45-47-49-52-55-58-61-64-70(73)76-67-68(66-75-69(72)63-60-57-54-51-18-15-12-9-6-3)77-71(74)65-62-59-56-53-50-48-46-44-42-39-30-28-26-24-22-20-17-14-11-8-5-2/h22,24,28,30,42,44,68H,4-21,23,25-27,29,31-41,43,45-67H2,1-3H3/b24-22-,30-28-,44-42-. The van der Waals surface area contributed by atoms with Crippen LogP contribution >= 0.6 is 0 Å². The van der Waals surface area contributed by atoms with Gasteiger partial charge in [0.15, 0.2) is 6.10 Å². The fraction of sp³-hybridized carbons (Fsp3) is 0.873. The van der Waals surface area contributed by atoms with Crippen molar-refractivity contribution in [2.24, 2.45) is 0 Å². The number of unbranched alkanes of at least 4 members (excludes halogenated alkanes) is 47. The van der Waals surface area contributed by atoms with E-state index in [1.165, 1.54) is 263 Å². The van der Waals surface area contributed by atoms with Gasteiger partial charge in [-0.1, -0.05) is 340 Å². The third-order valence-electron chi connectivity index (χ3n) is 15.6. The van der Waals surface area contributed by atoms with Gasteiger partial charge in [0.1, 0.15) is 13.2 Å². The molecule has 0 heterocycles. The molecule has 452 valence electrons. The summed E-state index contributed by atoms with van der Waals surface area (Å²) in [5.41, 5.74) is 0. The van der Waals surface area contributed by atoms with Crippen LogP contribution in [0.4, 0.5) is 0 Å². The number of hydrogen-bond acceptors (Lipinski definition) is 6. The molecule has 6 heteroatoms. The Labute approximate surface area is 480 Å². The summed E-state index contributed by atoms with van der Waals surface area (Å²) in [4.78, 5) is 38.2. The van der Waals surface area contributed by atoms with E-state index in [9.17, 15) is 14.4 Å². The molecule has 1 atom stereocenters. The number of rotatable bonds is 64. The molecule has 0 aliphatic heterocycles. The maximum atomic E-state index is 12.9. The van der Waals surface area contributed by atoms with Crippen LogP contribution < -0.4 is 0 Å². The third kappa shape index (κ3) is 64.3. The van der Waals surface area contributed by atoms with E-state index in [-0.39, 0.29) is 31.1 Å². The molecule has 0 saturated carbocycles. The monoisotopic (exact) mass is 1080 g/mol. The van der Waals surface area contributed by atoms with Crippen molar-refractivity contribution in [1.82, 2.24) is 0 Å². The largest absolute Gasteiger partial charge is 0.462 e. The maximum absolute atomic E-state index is 12.9. The van der Waals surface area contributed by atoms with Crippen LogP contribution in [0.2, 0.25) is 0 Å². The Morgan fingerprint density at radius 2 is 0.468 bits per heavy atom. The Balaban J connectivity index is 4.11. The lowest BCUT2D eigenvalue weighted by atomic mass is 10.0. The summed E-state index contributed by atoms with van der Waals surface area (Å²) in [5, 5.41) is 0. The maximum Gasteiger partial charge on any atom is 0.306 e. The molecule has 0 fully saturated rings. The average Bonchev–Trinajstić information content (AvgIpc) is 3.43. The van der Waals surface area contributed by atoms with E-state index in [4.69, 9.17) is 14.2 Å². The molecule has 0 aliphatic rings. The summed E-state index contributed by atoms with van der Waals surface area (Å²) in [7, 11) is 0. The first-order chi connectivity index (χ1) is 38.0. The van der Waals surface area contributed by atoms with Gasteiger partial charge in [-0.3, -0.25) is 14.4 Å². The van der Waals surface area contributed by atoms with Crippen molar-refractivity contribution in [3.05, 3.63) is 36.5 Å². The molecule has 0 amide bonds. The molecule has 0 aliphatic carbocycles. The minimum Gasteiger partial charge on any atom is -0.462 e. The van der Waals surface area contributed by atoms with Gasteiger partial charge in [-0.15, -0.1) is 0 Å². The lowest BCUT2D eigenvalue weighted by molar-refractivity contribution is -0.167. The Morgan fingerprint density at radius 1 is 0.260 bits per heavy atom. The van der Waals surface area contributed by atoms with Crippen LogP contribution in [-0.2, 0) is 28.6 Å². The molecule has 0 bridgehead atoms. The van der Waals surface area contributed by atoms with E-state index in [0.717, 1.165) is 77.0 Å². The van der Waals surface area contributed by atoms with Gasteiger partial charge >= 0.3 is 17.9 Å². The zero-order valence-corrected chi connectivity index (χ0v) is 52.0. The van der Waals surface area contributed by atoms with Crippen LogP contribution in [0, 0.1) is 0 Å². The van der Waals surface area contributed by atoms with Crippen molar-refractivity contribution < 1.29 is 28.6 Å². The lowest BCUT2D eigenvalue weighted by Crippen LogP contribution is -2.30. The Morgan fingerprint density at radius 3 is 0.727 bits per heavy atom. The predicted molar refractivity (Wildman–Crippen MR) is 335 cm³/mol. The van der Waals surface area contributed by atoms with Crippen molar-refractivity contribution in [2.75, 3.05) is 13.2 Å². The van der Waals surface area contributed by atoms with Gasteiger partial charge in [0.2, 0.25) is 0 Å². The van der Waals surface area contributed by atoms with Gasteiger partial charge in [-0.2, -0.15) is 0 Å². The first kappa shape index (κ1) is 74.6. The van der Waals surface area contributed by atoms with E-state index in [1.54, 1.807) is 0 Å². The molecule has 0 spiro atoms. The van der Waals surface area contributed by atoms with Crippen LogP contribution in [0.15, 0.2) is 36.5 Å². The minimum absolute atomic E-state index is 0.0726. The molecule has 0 saturated heterocycles. The Bertz CT molecular complexity index is 1290. The topological polar surface area (TPSA) is 78.9 Å². The predicted octanol–water partition coefficient (Wildman–Crippen LogP) is 23.6. The van der Waals surface area contributed by atoms with Crippen molar-refractivity contribution in [2.45, 2.75) is 386 Å². The van der Waals surface area contributed by atoms with Gasteiger partial charge in [-0.25, -0.2) is 0 Å². The molecule has 0 aromatic rings. The van der Waals surface area contributed by atoms with E-state index < -0.39 is 6.10 Å². The zero-order valence-electron chi connectivity index (χ0n) is 52.0. The lowest BCUT2D eigenvalue weighted by Gasteiger charge is -2.18. The van der Waals surface area contributed by atoms with E-state index in [2.05, 4.69) is 57.2 Å². The smallest absolute Gasteiger partial charge is 0.306 e. The van der Waals surface area contributed by atoms with Crippen LogP contribution in [-0.4, -0.2) is 37.2 Å². The molecule has 6 nitrogen and oxygen atoms in total. The van der Waals surface area contributed by atoms with Crippen LogP contribution in [0.25, 0.3) is 0 Å². The van der Waals surface area contributed by atoms with Crippen LogP contribution in [0.3, 0.4) is 0 Å². The number of ether oxygens (including phenoxy) is 3. The van der Waals surface area contributed by atoms with Gasteiger partial charge in [-0.05, 0) is 57.8 Å². The van der Waals surface area contributed by atoms with Crippen molar-refractivity contribution in [1.29, 1.82) is 0 Å². The highest BCUT2D eigenvalue weighted by atomic mass is 16.6. The van der Waals surface area contributed by atoms with Gasteiger partial charge in [0, 0.05) is 19.3 Å². The molecule has 1 unspecified atom stereocenters. The molecule has 0 aromatic heterocycles. The summed E-state index contributed by atoms with van der Waals surface area (Å²) in [5.74, 6) is -0.864. The molecule has 0 N–H and O–H groups in total. The zero-order chi connectivity index (χ0) is 55.7. The van der Waals surface area contributed by atoms with Crippen molar-refractivity contribution >= 4 is 17.9 Å². The number of esters is 3. The normalized spacial score (nSPS) is 12.2. The second kappa shape index (κ2) is 66.1. The number of hydrogen-bond donors (Lipinski definition) is 0.